The maximum absolute atomic E-state index is 13.0. The minimum Gasteiger partial charge on any atom is -0.276 e. The predicted molar refractivity (Wildman–Crippen MR) is 110 cm³/mol. The summed E-state index contributed by atoms with van der Waals surface area (Å²) >= 11 is 1.64. The largest absolute Gasteiger partial charge is 0.276 e. The molecule has 27 heavy (non-hydrogen) atoms. The van der Waals surface area contributed by atoms with E-state index in [1.165, 1.54) is 11.1 Å². The van der Waals surface area contributed by atoms with Crippen molar-refractivity contribution in [2.75, 3.05) is 0 Å². The molecule has 0 atom stereocenters. The number of aryl methyl sites for hydroxylation is 1. The summed E-state index contributed by atoms with van der Waals surface area (Å²) in [5, 5.41) is 10.3. The van der Waals surface area contributed by atoms with Crippen molar-refractivity contribution in [3.8, 4) is 0 Å². The molecule has 2 heterocycles. The van der Waals surface area contributed by atoms with Gasteiger partial charge >= 0.3 is 0 Å². The van der Waals surface area contributed by atoms with Crippen molar-refractivity contribution < 1.29 is 0 Å². The molecule has 0 fully saturated rings. The molecule has 6 heteroatoms. The van der Waals surface area contributed by atoms with Gasteiger partial charge in [-0.2, -0.15) is 0 Å². The van der Waals surface area contributed by atoms with Gasteiger partial charge in [-0.15, -0.1) is 10.2 Å². The first-order valence-electron chi connectivity index (χ1n) is 9.09. The zero-order chi connectivity index (χ0) is 19.0. The quantitative estimate of drug-likeness (QED) is 0.486. The van der Waals surface area contributed by atoms with E-state index in [1.54, 1.807) is 16.3 Å². The van der Waals surface area contributed by atoms with Gasteiger partial charge in [-0.25, -0.2) is 0 Å². The van der Waals surface area contributed by atoms with E-state index in [1.807, 2.05) is 28.7 Å². The Morgan fingerprint density at radius 1 is 1.04 bits per heavy atom. The molecular weight excluding hydrogens is 356 g/mol. The predicted octanol–water partition coefficient (Wildman–Crippen LogP) is 4.30. The lowest BCUT2D eigenvalue weighted by molar-refractivity contribution is 0.517. The molecule has 0 radical (unpaired) electrons. The van der Waals surface area contributed by atoms with Gasteiger partial charge in [-0.05, 0) is 30.5 Å². The fourth-order valence-corrected chi connectivity index (χ4v) is 4.08. The normalized spacial score (nSPS) is 11.7. The average Bonchev–Trinajstić information content (AvgIpc) is 3.08. The number of hydrogen-bond donors (Lipinski definition) is 0. The van der Waals surface area contributed by atoms with Crippen LogP contribution in [0.2, 0.25) is 0 Å². The number of rotatable bonds is 5. The van der Waals surface area contributed by atoms with Crippen molar-refractivity contribution in [2.24, 2.45) is 5.92 Å². The number of hydrogen-bond acceptors (Lipinski definition) is 4. The number of fused-ring (bicyclic) bond motifs is 3. The van der Waals surface area contributed by atoms with Gasteiger partial charge < -0.3 is 0 Å². The van der Waals surface area contributed by atoms with Gasteiger partial charge in [0.1, 0.15) is 0 Å². The van der Waals surface area contributed by atoms with Crippen LogP contribution in [0.25, 0.3) is 16.7 Å². The third-order valence-electron chi connectivity index (χ3n) is 4.51. The van der Waals surface area contributed by atoms with Gasteiger partial charge in [0, 0.05) is 12.3 Å². The Morgan fingerprint density at radius 2 is 1.78 bits per heavy atom. The van der Waals surface area contributed by atoms with Crippen LogP contribution >= 0.6 is 11.8 Å². The van der Waals surface area contributed by atoms with Gasteiger partial charge in [0.15, 0.2) is 5.16 Å². The number of benzene rings is 2. The van der Waals surface area contributed by atoms with Crippen LogP contribution < -0.4 is 5.56 Å². The Kier molecular flexibility index (Phi) is 4.74. The lowest BCUT2D eigenvalue weighted by Gasteiger charge is -2.12. The van der Waals surface area contributed by atoms with Crippen molar-refractivity contribution >= 4 is 28.4 Å². The molecule has 0 unspecified atom stereocenters. The highest BCUT2D eigenvalue weighted by molar-refractivity contribution is 7.98. The molecule has 0 aliphatic heterocycles. The molecule has 2 aromatic carbocycles. The Balaban J connectivity index is 1.83. The summed E-state index contributed by atoms with van der Waals surface area (Å²) in [4.78, 5) is 13.0. The van der Waals surface area contributed by atoms with Gasteiger partial charge in [0.25, 0.3) is 5.56 Å². The molecule has 2 aromatic heterocycles. The maximum Gasteiger partial charge on any atom is 0.262 e. The van der Waals surface area contributed by atoms with Gasteiger partial charge in [0.05, 0.1) is 10.9 Å². The van der Waals surface area contributed by atoms with Crippen LogP contribution in [0, 0.1) is 12.8 Å². The number of aromatic nitrogens is 4. The summed E-state index contributed by atoms with van der Waals surface area (Å²) in [6.07, 6.45) is 0. The van der Waals surface area contributed by atoms with Crippen molar-refractivity contribution in [3.05, 3.63) is 70.0 Å². The van der Waals surface area contributed by atoms with Crippen molar-refractivity contribution in [3.63, 3.8) is 0 Å². The summed E-state index contributed by atoms with van der Waals surface area (Å²) < 4.78 is 3.76. The second-order valence-corrected chi connectivity index (χ2v) is 8.16. The zero-order valence-electron chi connectivity index (χ0n) is 15.7. The summed E-state index contributed by atoms with van der Waals surface area (Å²) in [5.74, 6) is 1.76. The highest BCUT2D eigenvalue weighted by atomic mass is 32.2. The molecule has 0 bridgehead atoms. The molecule has 0 saturated carbocycles. The standard InChI is InChI=1S/C21H22N4OS/c1-14(2)12-24-19(26)17-6-4-5-7-18(17)25-20(24)22-23-21(25)27-13-16-10-8-15(3)9-11-16/h4-11,14H,12-13H2,1-3H3. The van der Waals surface area contributed by atoms with Crippen LogP contribution in [-0.4, -0.2) is 19.2 Å². The topological polar surface area (TPSA) is 52.2 Å². The highest BCUT2D eigenvalue weighted by Crippen LogP contribution is 2.25. The van der Waals surface area contributed by atoms with E-state index in [-0.39, 0.29) is 5.56 Å². The third-order valence-corrected chi connectivity index (χ3v) is 5.51. The first-order chi connectivity index (χ1) is 13.0. The maximum atomic E-state index is 13.0. The zero-order valence-corrected chi connectivity index (χ0v) is 16.5. The van der Waals surface area contributed by atoms with Crippen molar-refractivity contribution in [1.29, 1.82) is 0 Å². The van der Waals surface area contributed by atoms with E-state index in [2.05, 4.69) is 55.2 Å². The Morgan fingerprint density at radius 3 is 2.52 bits per heavy atom. The van der Waals surface area contributed by atoms with Crippen LogP contribution in [0.3, 0.4) is 0 Å². The summed E-state index contributed by atoms with van der Waals surface area (Å²) in [6.45, 7) is 6.90. The fraction of sp³-hybridized carbons (Fsp3) is 0.286. The smallest absolute Gasteiger partial charge is 0.262 e. The Bertz CT molecular complexity index is 1160. The molecule has 0 N–H and O–H groups in total. The molecule has 0 saturated heterocycles. The molecule has 0 spiro atoms. The van der Waals surface area contributed by atoms with Crippen LogP contribution in [-0.2, 0) is 12.3 Å². The average molecular weight is 379 g/mol. The SMILES string of the molecule is Cc1ccc(CSc2nnc3n(CC(C)C)c(=O)c4ccccc4n23)cc1. The molecule has 0 amide bonds. The molecular formula is C21H22N4OS. The number of thioether (sulfide) groups is 1. The lowest BCUT2D eigenvalue weighted by Crippen LogP contribution is -2.25. The summed E-state index contributed by atoms with van der Waals surface area (Å²) in [6, 6.07) is 16.2. The van der Waals surface area contributed by atoms with E-state index in [4.69, 9.17) is 0 Å². The molecule has 0 aliphatic rings. The summed E-state index contributed by atoms with van der Waals surface area (Å²) in [5.41, 5.74) is 3.34. The van der Waals surface area contributed by atoms with E-state index in [9.17, 15) is 4.79 Å². The van der Waals surface area contributed by atoms with Gasteiger partial charge in [0.2, 0.25) is 5.78 Å². The van der Waals surface area contributed by atoms with Crippen LogP contribution in [0.4, 0.5) is 0 Å². The van der Waals surface area contributed by atoms with Gasteiger partial charge in [-0.1, -0.05) is 67.6 Å². The van der Waals surface area contributed by atoms with E-state index in [0.29, 0.717) is 23.6 Å². The first kappa shape index (κ1) is 17.8. The van der Waals surface area contributed by atoms with E-state index in [0.717, 1.165) is 16.4 Å². The second kappa shape index (κ2) is 7.19. The Labute approximate surface area is 162 Å². The number of para-hydroxylation sites is 1. The fourth-order valence-electron chi connectivity index (χ4n) is 3.19. The van der Waals surface area contributed by atoms with E-state index < -0.39 is 0 Å². The van der Waals surface area contributed by atoms with Crippen LogP contribution in [0.1, 0.15) is 25.0 Å². The summed E-state index contributed by atoms with van der Waals surface area (Å²) in [7, 11) is 0. The van der Waals surface area contributed by atoms with Crippen LogP contribution in [0.15, 0.2) is 58.5 Å². The minimum atomic E-state index is -0.00529. The first-order valence-corrected chi connectivity index (χ1v) is 10.1. The van der Waals surface area contributed by atoms with Gasteiger partial charge in [-0.3, -0.25) is 13.8 Å². The lowest BCUT2D eigenvalue weighted by atomic mass is 10.2. The minimum absolute atomic E-state index is 0.00529. The molecule has 5 nitrogen and oxygen atoms in total. The van der Waals surface area contributed by atoms with Crippen molar-refractivity contribution in [2.45, 2.75) is 38.2 Å². The third kappa shape index (κ3) is 3.37. The van der Waals surface area contributed by atoms with E-state index >= 15 is 0 Å². The molecule has 138 valence electrons. The van der Waals surface area contributed by atoms with Crippen molar-refractivity contribution in [1.82, 2.24) is 19.2 Å². The molecule has 4 rings (SSSR count). The van der Waals surface area contributed by atoms with Crippen LogP contribution in [0.5, 0.6) is 0 Å². The molecule has 0 aliphatic carbocycles. The highest BCUT2D eigenvalue weighted by Gasteiger charge is 2.17. The second-order valence-electron chi connectivity index (χ2n) is 7.22. The molecule has 4 aromatic rings. The number of nitrogens with zero attached hydrogens (tertiary/aromatic N) is 4. The Hall–Kier alpha value is -2.60. The monoisotopic (exact) mass is 378 g/mol.